The van der Waals surface area contributed by atoms with Gasteiger partial charge in [0.2, 0.25) is 0 Å². The lowest BCUT2D eigenvalue weighted by Crippen LogP contribution is -2.13. The molecule has 0 aliphatic carbocycles. The SMILES string of the molecule is Cc1ccc2c(c1)C[C@@H](CI)O2. The molecular formula is C10H11IO. The number of halogens is 1. The van der Waals surface area contributed by atoms with Gasteiger partial charge >= 0.3 is 0 Å². The Hall–Kier alpha value is -0.250. The fraction of sp³-hybridized carbons (Fsp3) is 0.400. The first-order chi connectivity index (χ1) is 5.79. The minimum atomic E-state index is 0.405. The van der Waals surface area contributed by atoms with E-state index in [0.717, 1.165) is 16.6 Å². The van der Waals surface area contributed by atoms with Crippen LogP contribution in [-0.2, 0) is 6.42 Å². The van der Waals surface area contributed by atoms with Crippen molar-refractivity contribution in [3.63, 3.8) is 0 Å². The molecule has 1 atom stereocenters. The van der Waals surface area contributed by atoms with E-state index in [2.05, 4.69) is 47.7 Å². The Balaban J connectivity index is 2.30. The number of rotatable bonds is 1. The van der Waals surface area contributed by atoms with Crippen molar-refractivity contribution >= 4 is 22.6 Å². The molecule has 0 bridgehead atoms. The van der Waals surface area contributed by atoms with Crippen LogP contribution in [0.5, 0.6) is 5.75 Å². The van der Waals surface area contributed by atoms with E-state index in [9.17, 15) is 0 Å². The highest BCUT2D eigenvalue weighted by Crippen LogP contribution is 2.29. The van der Waals surface area contributed by atoms with Crippen molar-refractivity contribution < 1.29 is 4.74 Å². The minimum Gasteiger partial charge on any atom is -0.489 e. The molecule has 1 aromatic rings. The Labute approximate surface area is 86.3 Å². The summed E-state index contributed by atoms with van der Waals surface area (Å²) >= 11 is 2.37. The van der Waals surface area contributed by atoms with Gasteiger partial charge in [-0.05, 0) is 18.6 Å². The number of hydrogen-bond acceptors (Lipinski definition) is 1. The fourth-order valence-corrected chi connectivity index (χ4v) is 2.03. The Morgan fingerprint density at radius 3 is 3.17 bits per heavy atom. The predicted octanol–water partition coefficient (Wildman–Crippen LogP) is 2.73. The molecule has 0 unspecified atom stereocenters. The van der Waals surface area contributed by atoms with Crippen molar-refractivity contribution in [1.82, 2.24) is 0 Å². The van der Waals surface area contributed by atoms with Gasteiger partial charge in [-0.25, -0.2) is 0 Å². The number of aryl methyl sites for hydroxylation is 1. The molecule has 64 valence electrons. The van der Waals surface area contributed by atoms with Crippen LogP contribution in [-0.4, -0.2) is 10.5 Å². The number of ether oxygens (including phenoxy) is 1. The first-order valence-corrected chi connectivity index (χ1v) is 5.64. The van der Waals surface area contributed by atoms with E-state index >= 15 is 0 Å². The number of fused-ring (bicyclic) bond motifs is 1. The Morgan fingerprint density at radius 1 is 1.58 bits per heavy atom. The summed E-state index contributed by atoms with van der Waals surface area (Å²) in [5.41, 5.74) is 2.70. The van der Waals surface area contributed by atoms with Gasteiger partial charge in [-0.15, -0.1) is 0 Å². The molecule has 0 aromatic heterocycles. The lowest BCUT2D eigenvalue weighted by Gasteiger charge is -2.04. The molecule has 0 radical (unpaired) electrons. The second kappa shape index (κ2) is 3.24. The molecule has 0 amide bonds. The van der Waals surface area contributed by atoms with E-state index < -0.39 is 0 Å². The molecule has 2 heteroatoms. The summed E-state index contributed by atoms with van der Waals surface area (Å²) in [4.78, 5) is 0. The van der Waals surface area contributed by atoms with Crippen LogP contribution in [0.2, 0.25) is 0 Å². The van der Waals surface area contributed by atoms with E-state index in [1.807, 2.05) is 0 Å². The van der Waals surface area contributed by atoms with E-state index in [0.29, 0.717) is 6.10 Å². The quantitative estimate of drug-likeness (QED) is 0.565. The maximum atomic E-state index is 5.70. The standard InChI is InChI=1S/C10H11IO/c1-7-2-3-10-8(4-7)5-9(6-11)12-10/h2-4,9H,5-6H2,1H3/t9-/m0/s1. The number of alkyl halides is 1. The molecule has 1 aromatic carbocycles. The fourth-order valence-electron chi connectivity index (χ4n) is 1.54. The molecule has 0 saturated heterocycles. The van der Waals surface area contributed by atoms with E-state index in [-0.39, 0.29) is 0 Å². The molecule has 12 heavy (non-hydrogen) atoms. The maximum absolute atomic E-state index is 5.70. The smallest absolute Gasteiger partial charge is 0.123 e. The summed E-state index contributed by atoms with van der Waals surface area (Å²) in [7, 11) is 0. The van der Waals surface area contributed by atoms with Gasteiger partial charge in [0.05, 0.1) is 0 Å². The highest BCUT2D eigenvalue weighted by molar-refractivity contribution is 14.1. The molecule has 0 N–H and O–H groups in total. The Morgan fingerprint density at radius 2 is 2.42 bits per heavy atom. The molecule has 0 saturated carbocycles. The molecule has 1 aliphatic rings. The van der Waals surface area contributed by atoms with Gasteiger partial charge in [0, 0.05) is 10.8 Å². The summed E-state index contributed by atoms with van der Waals surface area (Å²) in [6.07, 6.45) is 1.49. The summed E-state index contributed by atoms with van der Waals surface area (Å²) in [6, 6.07) is 6.41. The van der Waals surface area contributed by atoms with Gasteiger partial charge < -0.3 is 4.74 Å². The van der Waals surface area contributed by atoms with Crippen LogP contribution in [0.4, 0.5) is 0 Å². The molecule has 0 spiro atoms. The Bertz CT molecular complexity index is 296. The van der Waals surface area contributed by atoms with E-state index in [1.54, 1.807) is 0 Å². The zero-order chi connectivity index (χ0) is 8.55. The average molecular weight is 274 g/mol. The van der Waals surface area contributed by atoms with Crippen molar-refractivity contribution in [3.8, 4) is 5.75 Å². The average Bonchev–Trinajstić information content (AvgIpc) is 2.46. The highest BCUT2D eigenvalue weighted by atomic mass is 127. The predicted molar refractivity (Wildman–Crippen MR) is 58.2 cm³/mol. The topological polar surface area (TPSA) is 9.23 Å². The molecule has 1 heterocycles. The maximum Gasteiger partial charge on any atom is 0.123 e. The molecular weight excluding hydrogens is 263 g/mol. The third-order valence-electron chi connectivity index (χ3n) is 2.13. The second-order valence-corrected chi connectivity index (χ2v) is 4.09. The molecule has 0 fully saturated rings. The van der Waals surface area contributed by atoms with Gasteiger partial charge in [0.25, 0.3) is 0 Å². The van der Waals surface area contributed by atoms with Crippen molar-refractivity contribution in [2.75, 3.05) is 4.43 Å². The lowest BCUT2D eigenvalue weighted by molar-refractivity contribution is 0.262. The third-order valence-corrected chi connectivity index (χ3v) is 3.11. The van der Waals surface area contributed by atoms with Gasteiger partial charge in [0.15, 0.2) is 0 Å². The first-order valence-electron chi connectivity index (χ1n) is 4.12. The van der Waals surface area contributed by atoms with Crippen molar-refractivity contribution in [2.24, 2.45) is 0 Å². The summed E-state index contributed by atoms with van der Waals surface area (Å²) < 4.78 is 6.78. The van der Waals surface area contributed by atoms with E-state index in [1.165, 1.54) is 11.1 Å². The molecule has 2 rings (SSSR count). The highest BCUT2D eigenvalue weighted by Gasteiger charge is 2.20. The minimum absolute atomic E-state index is 0.405. The number of hydrogen-bond donors (Lipinski definition) is 0. The van der Waals surface area contributed by atoms with Crippen molar-refractivity contribution in [2.45, 2.75) is 19.4 Å². The summed E-state index contributed by atoms with van der Waals surface area (Å²) in [5, 5.41) is 0. The van der Waals surface area contributed by atoms with Crippen LogP contribution in [0, 0.1) is 6.92 Å². The van der Waals surface area contributed by atoms with Crippen molar-refractivity contribution in [1.29, 1.82) is 0 Å². The first kappa shape index (κ1) is 8.35. The second-order valence-electron chi connectivity index (χ2n) is 3.21. The van der Waals surface area contributed by atoms with Gasteiger partial charge in [-0.2, -0.15) is 0 Å². The van der Waals surface area contributed by atoms with Crippen LogP contribution in [0.15, 0.2) is 18.2 Å². The van der Waals surface area contributed by atoms with Crippen LogP contribution < -0.4 is 4.74 Å². The van der Waals surface area contributed by atoms with Gasteiger partial charge in [-0.1, -0.05) is 40.3 Å². The number of benzene rings is 1. The third kappa shape index (κ3) is 1.44. The van der Waals surface area contributed by atoms with Crippen LogP contribution >= 0.6 is 22.6 Å². The van der Waals surface area contributed by atoms with Gasteiger partial charge in [-0.3, -0.25) is 0 Å². The van der Waals surface area contributed by atoms with Crippen molar-refractivity contribution in [3.05, 3.63) is 29.3 Å². The summed E-state index contributed by atoms with van der Waals surface area (Å²) in [6.45, 7) is 2.12. The van der Waals surface area contributed by atoms with Crippen LogP contribution in [0.3, 0.4) is 0 Å². The normalized spacial score (nSPS) is 20.3. The zero-order valence-corrected chi connectivity index (χ0v) is 9.17. The Kier molecular flexibility index (Phi) is 2.26. The van der Waals surface area contributed by atoms with Crippen LogP contribution in [0.25, 0.3) is 0 Å². The largest absolute Gasteiger partial charge is 0.489 e. The zero-order valence-electron chi connectivity index (χ0n) is 7.01. The molecule has 1 aliphatic heterocycles. The molecule has 1 nitrogen and oxygen atoms in total. The summed E-state index contributed by atoms with van der Waals surface area (Å²) in [5.74, 6) is 1.09. The van der Waals surface area contributed by atoms with Gasteiger partial charge in [0.1, 0.15) is 11.9 Å². The lowest BCUT2D eigenvalue weighted by atomic mass is 10.1. The van der Waals surface area contributed by atoms with Crippen LogP contribution in [0.1, 0.15) is 11.1 Å². The monoisotopic (exact) mass is 274 g/mol. The van der Waals surface area contributed by atoms with E-state index in [4.69, 9.17) is 4.74 Å².